The number of hydrogen-bond donors (Lipinski definition) is 1. The second kappa shape index (κ2) is 10.3. The average molecular weight is 544 g/mol. The van der Waals surface area contributed by atoms with E-state index in [9.17, 15) is 10.4 Å². The van der Waals surface area contributed by atoms with E-state index in [1.54, 1.807) is 7.11 Å². The third kappa shape index (κ3) is 4.88. The largest absolute Gasteiger partial charge is 0.494 e. The van der Waals surface area contributed by atoms with Crippen molar-refractivity contribution in [1.82, 2.24) is 9.55 Å². The molecule has 2 fully saturated rings. The molecule has 1 saturated heterocycles. The molecule has 0 unspecified atom stereocenters. The van der Waals surface area contributed by atoms with Crippen LogP contribution < -0.4 is 5.46 Å². The molecule has 3 aromatic rings. The van der Waals surface area contributed by atoms with E-state index in [2.05, 4.69) is 76.4 Å². The molecule has 8 heteroatoms. The minimum absolute atomic E-state index is 0.0583. The number of rotatable bonds is 8. The van der Waals surface area contributed by atoms with Crippen LogP contribution in [0.5, 0.6) is 0 Å². The molecule has 0 radical (unpaired) electrons. The number of nitriles is 1. The van der Waals surface area contributed by atoms with Crippen molar-refractivity contribution in [2.45, 2.75) is 91.1 Å². The minimum Gasteiger partial charge on any atom is -0.399 e. The Morgan fingerprint density at radius 2 is 1.88 bits per heavy atom. The van der Waals surface area contributed by atoms with Gasteiger partial charge < -0.3 is 23.7 Å². The molecule has 5 rings (SSSR count). The Morgan fingerprint density at radius 3 is 2.48 bits per heavy atom. The predicted molar refractivity (Wildman–Crippen MR) is 158 cm³/mol. The van der Waals surface area contributed by atoms with E-state index in [-0.39, 0.29) is 30.1 Å². The van der Waals surface area contributed by atoms with Gasteiger partial charge in [0.1, 0.15) is 0 Å². The SMILES string of the molecule is CO[C@@H](C)c1ncccc1-c1c(CC(C)(C)CO)c2cc(B3OC(C)(C)C(C)(C)O3)ccc2n1C1CC(C#N)C1. The van der Waals surface area contributed by atoms with Gasteiger partial charge in [-0.1, -0.05) is 26.0 Å². The van der Waals surface area contributed by atoms with Crippen LogP contribution in [0.2, 0.25) is 0 Å². The standard InChI is InChI=1S/C32H42BN3O4/c1-20(38-8)28-24(10-9-13-35-28)29-26(17-30(2,3)19-37)25-16-22(33-39-31(4,5)32(6,7)40-33)11-12-27(25)36(29)23-14-21(15-23)18-34/h9-13,16,20-21,23,37H,14-15,17,19H2,1-8H3/t20-,21?,23?/m0/s1. The van der Waals surface area contributed by atoms with Crippen molar-refractivity contribution >= 4 is 23.5 Å². The lowest BCUT2D eigenvalue weighted by molar-refractivity contribution is 0.00578. The van der Waals surface area contributed by atoms with Gasteiger partial charge in [0, 0.05) is 42.4 Å². The molecule has 212 valence electrons. The van der Waals surface area contributed by atoms with E-state index >= 15 is 0 Å². The second-order valence-electron chi connectivity index (χ2n) is 13.3. The molecule has 1 atom stereocenters. The lowest BCUT2D eigenvalue weighted by Gasteiger charge is -2.35. The van der Waals surface area contributed by atoms with Crippen LogP contribution in [-0.2, 0) is 20.5 Å². The van der Waals surface area contributed by atoms with Crippen LogP contribution in [0.25, 0.3) is 22.2 Å². The van der Waals surface area contributed by atoms with Crippen molar-refractivity contribution in [1.29, 1.82) is 5.26 Å². The van der Waals surface area contributed by atoms with Crippen molar-refractivity contribution in [3.63, 3.8) is 0 Å². The first kappa shape index (κ1) is 28.8. The van der Waals surface area contributed by atoms with Gasteiger partial charge in [-0.15, -0.1) is 0 Å². The maximum atomic E-state index is 10.3. The van der Waals surface area contributed by atoms with Gasteiger partial charge in [0.2, 0.25) is 0 Å². The Labute approximate surface area is 238 Å². The Morgan fingerprint density at radius 1 is 1.20 bits per heavy atom. The Balaban J connectivity index is 1.78. The topological polar surface area (TPSA) is 89.5 Å². The van der Waals surface area contributed by atoms with Gasteiger partial charge in [0.15, 0.2) is 0 Å². The zero-order valence-corrected chi connectivity index (χ0v) is 25.1. The molecule has 40 heavy (non-hydrogen) atoms. The van der Waals surface area contributed by atoms with E-state index in [0.29, 0.717) is 6.42 Å². The molecule has 2 aromatic heterocycles. The summed E-state index contributed by atoms with van der Waals surface area (Å²) in [4.78, 5) is 4.76. The molecule has 1 aliphatic heterocycles. The van der Waals surface area contributed by atoms with E-state index in [0.717, 1.165) is 51.7 Å². The second-order valence-corrected chi connectivity index (χ2v) is 13.3. The Hall–Kier alpha value is -2.70. The summed E-state index contributed by atoms with van der Waals surface area (Å²) in [5.41, 5.74) is 5.00. The van der Waals surface area contributed by atoms with Crippen molar-refractivity contribution < 1.29 is 19.2 Å². The van der Waals surface area contributed by atoms with Gasteiger partial charge in [-0.05, 0) is 88.5 Å². The number of nitrogens with zero attached hydrogens (tertiary/aromatic N) is 3. The molecule has 0 amide bonds. The number of benzene rings is 1. The van der Waals surface area contributed by atoms with Gasteiger partial charge in [0.05, 0.1) is 40.7 Å². The molecule has 3 heterocycles. The monoisotopic (exact) mass is 543 g/mol. The van der Waals surface area contributed by atoms with Gasteiger partial charge >= 0.3 is 7.12 Å². The summed E-state index contributed by atoms with van der Waals surface area (Å²) in [5, 5.41) is 21.0. The first-order valence-corrected chi connectivity index (χ1v) is 14.3. The van der Waals surface area contributed by atoms with Gasteiger partial charge in [-0.3, -0.25) is 4.98 Å². The summed E-state index contributed by atoms with van der Waals surface area (Å²) in [5.74, 6) is 0.0583. The van der Waals surface area contributed by atoms with Crippen molar-refractivity contribution in [3.05, 3.63) is 47.8 Å². The number of fused-ring (bicyclic) bond motifs is 1. The Kier molecular flexibility index (Phi) is 7.42. The summed E-state index contributed by atoms with van der Waals surface area (Å²) in [7, 11) is 1.23. The van der Waals surface area contributed by atoms with Crippen LogP contribution >= 0.6 is 0 Å². The highest BCUT2D eigenvalue weighted by Gasteiger charge is 2.52. The van der Waals surface area contributed by atoms with Crippen LogP contribution in [0.15, 0.2) is 36.5 Å². The van der Waals surface area contributed by atoms with Gasteiger partial charge in [0.25, 0.3) is 0 Å². The molecule has 0 bridgehead atoms. The summed E-state index contributed by atoms with van der Waals surface area (Å²) in [6.07, 6.45) is 3.90. The number of aliphatic hydroxyl groups is 1. The minimum atomic E-state index is -0.478. The Bertz CT molecular complexity index is 1430. The van der Waals surface area contributed by atoms with Crippen LogP contribution in [0.4, 0.5) is 0 Å². The zero-order chi connectivity index (χ0) is 29.0. The smallest absolute Gasteiger partial charge is 0.399 e. The molecule has 1 aromatic carbocycles. The highest BCUT2D eigenvalue weighted by molar-refractivity contribution is 6.62. The van der Waals surface area contributed by atoms with Crippen molar-refractivity contribution in [2.75, 3.05) is 13.7 Å². The highest BCUT2D eigenvalue weighted by Crippen LogP contribution is 2.47. The van der Waals surface area contributed by atoms with E-state index < -0.39 is 18.3 Å². The summed E-state index contributed by atoms with van der Waals surface area (Å²) >= 11 is 0. The number of ether oxygens (including phenoxy) is 1. The molecule has 1 N–H and O–H groups in total. The number of aromatic nitrogens is 2. The molecular weight excluding hydrogens is 501 g/mol. The maximum Gasteiger partial charge on any atom is 0.494 e. The van der Waals surface area contributed by atoms with Crippen molar-refractivity contribution in [2.24, 2.45) is 11.3 Å². The third-order valence-electron chi connectivity index (χ3n) is 9.23. The highest BCUT2D eigenvalue weighted by atomic mass is 16.7. The number of pyridine rings is 1. The van der Waals surface area contributed by atoms with E-state index in [1.807, 2.05) is 19.2 Å². The fourth-order valence-electron chi connectivity index (χ4n) is 5.87. The summed E-state index contributed by atoms with van der Waals surface area (Å²) in [6, 6.07) is 13.2. The fourth-order valence-corrected chi connectivity index (χ4v) is 5.87. The average Bonchev–Trinajstić information content (AvgIpc) is 3.31. The molecule has 1 aliphatic carbocycles. The normalized spacial score (nSPS) is 22.8. The van der Waals surface area contributed by atoms with Gasteiger partial charge in [-0.25, -0.2) is 0 Å². The molecular formula is C32H42BN3O4. The number of aliphatic hydroxyl groups excluding tert-OH is 1. The van der Waals surface area contributed by atoms with Crippen LogP contribution in [-0.4, -0.2) is 46.7 Å². The van der Waals surface area contributed by atoms with E-state index in [1.165, 1.54) is 0 Å². The van der Waals surface area contributed by atoms with Crippen LogP contribution in [0.1, 0.15) is 84.7 Å². The molecule has 0 spiro atoms. The summed E-state index contributed by atoms with van der Waals surface area (Å²) < 4.78 is 21.0. The molecule has 2 aliphatic rings. The summed E-state index contributed by atoms with van der Waals surface area (Å²) in [6.45, 7) is 14.5. The number of hydrogen-bond acceptors (Lipinski definition) is 6. The lowest BCUT2D eigenvalue weighted by atomic mass is 9.77. The molecule has 7 nitrogen and oxygen atoms in total. The molecule has 1 saturated carbocycles. The maximum absolute atomic E-state index is 10.3. The first-order valence-electron chi connectivity index (χ1n) is 14.3. The van der Waals surface area contributed by atoms with Crippen LogP contribution in [0, 0.1) is 22.7 Å². The number of methoxy groups -OCH3 is 1. The van der Waals surface area contributed by atoms with Crippen molar-refractivity contribution in [3.8, 4) is 17.3 Å². The lowest BCUT2D eigenvalue weighted by Crippen LogP contribution is -2.41. The third-order valence-corrected chi connectivity index (χ3v) is 9.23. The fraction of sp³-hybridized carbons (Fsp3) is 0.562. The van der Waals surface area contributed by atoms with E-state index in [4.69, 9.17) is 19.0 Å². The predicted octanol–water partition coefficient (Wildman–Crippen LogP) is 5.75. The first-order chi connectivity index (χ1) is 18.8. The van der Waals surface area contributed by atoms with Crippen LogP contribution in [0.3, 0.4) is 0 Å². The zero-order valence-electron chi connectivity index (χ0n) is 25.1. The van der Waals surface area contributed by atoms with Gasteiger partial charge in [-0.2, -0.15) is 5.26 Å². The quantitative estimate of drug-likeness (QED) is 0.364.